The highest BCUT2D eigenvalue weighted by atomic mass is 79.9. The van der Waals surface area contributed by atoms with Gasteiger partial charge in [-0.3, -0.25) is 0 Å². The first kappa shape index (κ1) is 12.3. The summed E-state index contributed by atoms with van der Waals surface area (Å²) in [5.74, 6) is -0.420. The summed E-state index contributed by atoms with van der Waals surface area (Å²) >= 11 is 6.65. The quantitative estimate of drug-likeness (QED) is 0.514. The van der Waals surface area contributed by atoms with E-state index in [9.17, 15) is 4.79 Å². The molecule has 0 spiro atoms. The van der Waals surface area contributed by atoms with Crippen molar-refractivity contribution in [2.24, 2.45) is 0 Å². The number of methoxy groups -OCH3 is 1. The zero-order valence-electron chi connectivity index (χ0n) is 7.96. The Morgan fingerprint density at radius 3 is 2.80 bits per heavy atom. The molecule has 0 amide bonds. The van der Waals surface area contributed by atoms with Gasteiger partial charge in [-0.15, -0.1) is 0 Å². The molecular weight excluding hydrogens is 326 g/mol. The molecule has 1 rings (SSSR count). The Balaban J connectivity index is 3.10. The predicted octanol–water partition coefficient (Wildman–Crippen LogP) is 2.94. The largest absolute Gasteiger partial charge is 0.466 e. The van der Waals surface area contributed by atoms with E-state index in [4.69, 9.17) is 5.73 Å². The maximum atomic E-state index is 11.0. The lowest BCUT2D eigenvalue weighted by molar-refractivity contribution is -0.134. The van der Waals surface area contributed by atoms with E-state index < -0.39 is 5.97 Å². The Kier molecular flexibility index (Phi) is 4.35. The van der Waals surface area contributed by atoms with Crippen LogP contribution in [0.3, 0.4) is 0 Å². The Morgan fingerprint density at radius 1 is 1.53 bits per heavy atom. The lowest BCUT2D eigenvalue weighted by atomic mass is 10.2. The second kappa shape index (κ2) is 5.32. The fourth-order valence-corrected chi connectivity index (χ4v) is 2.21. The fourth-order valence-electron chi connectivity index (χ4n) is 0.966. The SMILES string of the molecule is COC(=O)C=C(Br)c1cc(N)ccc1Br. The van der Waals surface area contributed by atoms with Gasteiger partial charge in [-0.25, -0.2) is 4.79 Å². The molecule has 2 N–H and O–H groups in total. The summed E-state index contributed by atoms with van der Waals surface area (Å²) in [6.07, 6.45) is 1.35. The molecule has 0 aliphatic heterocycles. The van der Waals surface area contributed by atoms with Crippen molar-refractivity contribution in [2.45, 2.75) is 0 Å². The second-order valence-corrected chi connectivity index (χ2v) is 4.46. The highest BCUT2D eigenvalue weighted by molar-refractivity contribution is 9.15. The smallest absolute Gasteiger partial charge is 0.331 e. The molecular formula is C10H9Br2NO2. The lowest BCUT2D eigenvalue weighted by Gasteiger charge is -2.04. The summed E-state index contributed by atoms with van der Waals surface area (Å²) in [5, 5.41) is 0. The highest BCUT2D eigenvalue weighted by Gasteiger charge is 2.06. The van der Waals surface area contributed by atoms with E-state index in [-0.39, 0.29) is 0 Å². The Labute approximate surface area is 105 Å². The van der Waals surface area contributed by atoms with E-state index in [0.717, 1.165) is 10.0 Å². The molecule has 3 nitrogen and oxygen atoms in total. The van der Waals surface area contributed by atoms with E-state index in [1.54, 1.807) is 12.1 Å². The maximum absolute atomic E-state index is 11.0. The first-order chi connectivity index (χ1) is 7.04. The summed E-state index contributed by atoms with van der Waals surface area (Å²) in [4.78, 5) is 11.0. The molecule has 0 bridgehead atoms. The standard InChI is InChI=1S/C10H9Br2NO2/c1-15-10(14)5-9(12)7-4-6(13)2-3-8(7)11/h2-5H,13H2,1H3. The van der Waals surface area contributed by atoms with Crippen molar-refractivity contribution < 1.29 is 9.53 Å². The van der Waals surface area contributed by atoms with Crippen LogP contribution in [0.2, 0.25) is 0 Å². The molecule has 15 heavy (non-hydrogen) atoms. The van der Waals surface area contributed by atoms with Crippen LogP contribution in [0.5, 0.6) is 0 Å². The zero-order chi connectivity index (χ0) is 11.4. The first-order valence-corrected chi connectivity index (χ1v) is 5.63. The molecule has 0 saturated carbocycles. The van der Waals surface area contributed by atoms with E-state index in [1.165, 1.54) is 13.2 Å². The molecule has 1 aromatic carbocycles. The van der Waals surface area contributed by atoms with E-state index in [0.29, 0.717) is 10.2 Å². The number of carbonyl (C=O) groups excluding carboxylic acids is 1. The number of ether oxygens (including phenoxy) is 1. The van der Waals surface area contributed by atoms with Crippen LogP contribution in [0.4, 0.5) is 5.69 Å². The van der Waals surface area contributed by atoms with Gasteiger partial charge >= 0.3 is 5.97 Å². The monoisotopic (exact) mass is 333 g/mol. The van der Waals surface area contributed by atoms with Crippen LogP contribution >= 0.6 is 31.9 Å². The van der Waals surface area contributed by atoms with Crippen molar-refractivity contribution in [3.8, 4) is 0 Å². The number of hydrogen-bond acceptors (Lipinski definition) is 3. The number of benzene rings is 1. The summed E-state index contributed by atoms with van der Waals surface area (Å²) in [6.45, 7) is 0. The summed E-state index contributed by atoms with van der Waals surface area (Å²) < 4.78 is 5.99. The molecule has 0 unspecified atom stereocenters. The van der Waals surface area contributed by atoms with E-state index in [1.807, 2.05) is 6.07 Å². The summed E-state index contributed by atoms with van der Waals surface area (Å²) in [6, 6.07) is 5.34. The molecule has 5 heteroatoms. The predicted molar refractivity (Wildman–Crippen MR) is 67.5 cm³/mol. The van der Waals surface area contributed by atoms with E-state index in [2.05, 4.69) is 36.6 Å². The van der Waals surface area contributed by atoms with Crippen molar-refractivity contribution in [1.82, 2.24) is 0 Å². The third-order valence-electron chi connectivity index (χ3n) is 1.69. The summed E-state index contributed by atoms with van der Waals surface area (Å²) in [5.41, 5.74) is 7.08. The fraction of sp³-hybridized carbons (Fsp3) is 0.100. The molecule has 0 aromatic heterocycles. The molecule has 0 aliphatic rings. The number of nitrogen functional groups attached to an aromatic ring is 1. The lowest BCUT2D eigenvalue weighted by Crippen LogP contribution is -1.95. The minimum absolute atomic E-state index is 0.420. The van der Waals surface area contributed by atoms with Crippen LogP contribution in [0.1, 0.15) is 5.56 Å². The van der Waals surface area contributed by atoms with Gasteiger partial charge in [0.15, 0.2) is 0 Å². The Morgan fingerprint density at radius 2 is 2.20 bits per heavy atom. The minimum Gasteiger partial charge on any atom is -0.466 e. The van der Waals surface area contributed by atoms with Crippen molar-refractivity contribution >= 4 is 48.0 Å². The van der Waals surface area contributed by atoms with Gasteiger partial charge in [-0.1, -0.05) is 15.9 Å². The van der Waals surface area contributed by atoms with Crippen LogP contribution in [0, 0.1) is 0 Å². The average molecular weight is 335 g/mol. The summed E-state index contributed by atoms with van der Waals surface area (Å²) in [7, 11) is 1.33. The second-order valence-electron chi connectivity index (χ2n) is 2.75. The number of esters is 1. The number of rotatable bonds is 2. The van der Waals surface area contributed by atoms with Crippen LogP contribution in [-0.2, 0) is 9.53 Å². The van der Waals surface area contributed by atoms with Gasteiger partial charge in [-0.05, 0) is 34.1 Å². The average Bonchev–Trinajstić information content (AvgIpc) is 2.21. The molecule has 0 heterocycles. The molecule has 0 aliphatic carbocycles. The Bertz CT molecular complexity index is 416. The number of nitrogens with two attached hydrogens (primary N) is 1. The molecule has 1 aromatic rings. The van der Waals surface area contributed by atoms with Crippen molar-refractivity contribution in [1.29, 1.82) is 0 Å². The van der Waals surface area contributed by atoms with Crippen LogP contribution < -0.4 is 5.73 Å². The number of carbonyl (C=O) groups is 1. The normalized spacial score (nSPS) is 11.3. The Hall–Kier alpha value is -0.810. The van der Waals surface area contributed by atoms with E-state index >= 15 is 0 Å². The van der Waals surface area contributed by atoms with Crippen molar-refractivity contribution in [3.63, 3.8) is 0 Å². The molecule has 0 saturated heterocycles. The van der Waals surface area contributed by atoms with Gasteiger partial charge < -0.3 is 10.5 Å². The maximum Gasteiger partial charge on any atom is 0.331 e. The van der Waals surface area contributed by atoms with Gasteiger partial charge in [-0.2, -0.15) is 0 Å². The van der Waals surface area contributed by atoms with Gasteiger partial charge in [0.25, 0.3) is 0 Å². The van der Waals surface area contributed by atoms with Gasteiger partial charge in [0.1, 0.15) is 0 Å². The molecule has 0 radical (unpaired) electrons. The number of anilines is 1. The molecule has 0 atom stereocenters. The zero-order valence-corrected chi connectivity index (χ0v) is 11.1. The highest BCUT2D eigenvalue weighted by Crippen LogP contribution is 2.30. The third-order valence-corrected chi connectivity index (χ3v) is 3.04. The molecule has 0 fully saturated rings. The van der Waals surface area contributed by atoms with Crippen LogP contribution in [-0.4, -0.2) is 13.1 Å². The first-order valence-electron chi connectivity index (χ1n) is 4.05. The van der Waals surface area contributed by atoms with Crippen LogP contribution in [0.15, 0.2) is 28.7 Å². The number of hydrogen-bond donors (Lipinski definition) is 1. The van der Waals surface area contributed by atoms with Gasteiger partial charge in [0.05, 0.1) is 7.11 Å². The van der Waals surface area contributed by atoms with Gasteiger partial charge in [0, 0.05) is 26.3 Å². The topological polar surface area (TPSA) is 52.3 Å². The van der Waals surface area contributed by atoms with Crippen molar-refractivity contribution in [3.05, 3.63) is 34.3 Å². The third kappa shape index (κ3) is 3.35. The van der Waals surface area contributed by atoms with Crippen LogP contribution in [0.25, 0.3) is 4.48 Å². The number of halogens is 2. The minimum atomic E-state index is -0.420. The van der Waals surface area contributed by atoms with Crippen molar-refractivity contribution in [2.75, 3.05) is 12.8 Å². The van der Waals surface area contributed by atoms with Gasteiger partial charge in [0.2, 0.25) is 0 Å². The molecule has 80 valence electrons.